The average Bonchev–Trinajstić information content (AvgIpc) is 3.30. The van der Waals surface area contributed by atoms with Crippen molar-refractivity contribution in [2.75, 3.05) is 40.9 Å². The van der Waals surface area contributed by atoms with Crippen LogP contribution >= 0.6 is 11.6 Å². The van der Waals surface area contributed by atoms with Gasteiger partial charge in [-0.2, -0.15) is 4.98 Å². The number of piperazine rings is 1. The molecule has 0 spiro atoms. The van der Waals surface area contributed by atoms with E-state index in [0.29, 0.717) is 11.1 Å². The highest BCUT2D eigenvalue weighted by Crippen LogP contribution is 2.32. The molecule has 0 aliphatic carbocycles. The Bertz CT molecular complexity index is 1140. The molecular weight excluding hydrogens is 448 g/mol. The standard InChI is InChI=1S/C26H31ClN6O/c1-18-7-6-10-33(18)26-29-23(21-8-4-3-5-9-21)14-24(30-26)32-12-11-31(16-19(32)2)25-22(27)13-20(17-34)15-28-25/h3-5,8-9,13-15,18-19,34H,6-7,10-12,16-17H2,1-2H3. The van der Waals surface area contributed by atoms with Crippen molar-refractivity contribution in [3.63, 3.8) is 0 Å². The first kappa shape index (κ1) is 22.9. The number of nitrogens with zero attached hydrogens (tertiary/aromatic N) is 6. The van der Waals surface area contributed by atoms with E-state index in [-0.39, 0.29) is 12.6 Å². The number of rotatable bonds is 5. The minimum absolute atomic E-state index is 0.0629. The van der Waals surface area contributed by atoms with Gasteiger partial charge in [0.1, 0.15) is 11.6 Å². The Morgan fingerprint density at radius 1 is 1.00 bits per heavy atom. The molecule has 2 aromatic heterocycles. The van der Waals surface area contributed by atoms with Crippen molar-refractivity contribution in [2.24, 2.45) is 0 Å². The Hall–Kier alpha value is -2.90. The summed E-state index contributed by atoms with van der Waals surface area (Å²) in [5.41, 5.74) is 2.78. The summed E-state index contributed by atoms with van der Waals surface area (Å²) < 4.78 is 0. The quantitative estimate of drug-likeness (QED) is 0.583. The number of benzene rings is 1. The Morgan fingerprint density at radius 3 is 2.50 bits per heavy atom. The van der Waals surface area contributed by atoms with Crippen molar-refractivity contribution in [3.8, 4) is 11.3 Å². The number of aliphatic hydroxyl groups is 1. The Labute approximate surface area is 206 Å². The minimum Gasteiger partial charge on any atom is -0.392 e. The van der Waals surface area contributed by atoms with Gasteiger partial charge in [0.2, 0.25) is 5.95 Å². The predicted molar refractivity (Wildman–Crippen MR) is 138 cm³/mol. The van der Waals surface area contributed by atoms with Gasteiger partial charge in [-0.3, -0.25) is 0 Å². The van der Waals surface area contributed by atoms with Crippen LogP contribution in [-0.4, -0.2) is 58.3 Å². The number of halogens is 1. The molecule has 2 atom stereocenters. The van der Waals surface area contributed by atoms with E-state index in [2.05, 4.69) is 63.9 Å². The van der Waals surface area contributed by atoms with Crippen molar-refractivity contribution in [1.82, 2.24) is 15.0 Å². The van der Waals surface area contributed by atoms with Crippen LogP contribution in [0.1, 0.15) is 32.3 Å². The highest BCUT2D eigenvalue weighted by atomic mass is 35.5. The van der Waals surface area contributed by atoms with Gasteiger partial charge in [-0.25, -0.2) is 9.97 Å². The fourth-order valence-corrected chi connectivity index (χ4v) is 5.27. The van der Waals surface area contributed by atoms with Gasteiger partial charge in [0.25, 0.3) is 0 Å². The molecular formula is C26H31ClN6O. The average molecular weight is 479 g/mol. The maximum absolute atomic E-state index is 9.35. The number of hydrogen-bond donors (Lipinski definition) is 1. The van der Waals surface area contributed by atoms with Crippen LogP contribution in [-0.2, 0) is 6.61 Å². The molecule has 2 aliphatic heterocycles. The van der Waals surface area contributed by atoms with Crippen LogP contribution in [0.5, 0.6) is 0 Å². The van der Waals surface area contributed by atoms with Gasteiger partial charge >= 0.3 is 0 Å². The maximum atomic E-state index is 9.35. The number of aromatic nitrogens is 3. The summed E-state index contributed by atoms with van der Waals surface area (Å²) in [6.45, 7) is 7.78. The molecule has 4 heterocycles. The third-order valence-corrected chi connectivity index (χ3v) is 7.14. The fourth-order valence-electron chi connectivity index (χ4n) is 4.96. The van der Waals surface area contributed by atoms with Crippen LogP contribution in [0.15, 0.2) is 48.7 Å². The minimum atomic E-state index is -0.0629. The third kappa shape index (κ3) is 4.55. The van der Waals surface area contributed by atoms with Gasteiger partial charge in [-0.1, -0.05) is 41.9 Å². The van der Waals surface area contributed by atoms with Crippen molar-refractivity contribution in [2.45, 2.75) is 45.4 Å². The normalized spacial score (nSPS) is 20.8. The first-order chi connectivity index (χ1) is 16.5. The van der Waals surface area contributed by atoms with Crippen LogP contribution in [0.25, 0.3) is 11.3 Å². The molecule has 2 unspecified atom stereocenters. The van der Waals surface area contributed by atoms with E-state index in [0.717, 1.165) is 60.6 Å². The summed E-state index contributed by atoms with van der Waals surface area (Å²) in [6, 6.07) is 14.9. The van der Waals surface area contributed by atoms with E-state index in [1.807, 2.05) is 6.07 Å². The third-order valence-electron chi connectivity index (χ3n) is 6.86. The van der Waals surface area contributed by atoms with Crippen molar-refractivity contribution >= 4 is 29.2 Å². The first-order valence-corrected chi connectivity index (χ1v) is 12.4. The molecule has 2 saturated heterocycles. The fraction of sp³-hybridized carbons (Fsp3) is 0.423. The van der Waals surface area contributed by atoms with Crippen LogP contribution < -0.4 is 14.7 Å². The molecule has 0 radical (unpaired) electrons. The van der Waals surface area contributed by atoms with Gasteiger partial charge < -0.3 is 19.8 Å². The monoisotopic (exact) mass is 478 g/mol. The highest BCUT2D eigenvalue weighted by molar-refractivity contribution is 6.33. The van der Waals surface area contributed by atoms with E-state index in [1.165, 1.54) is 12.8 Å². The second-order valence-corrected chi connectivity index (χ2v) is 9.66. The summed E-state index contributed by atoms with van der Waals surface area (Å²) in [4.78, 5) is 21.5. The summed E-state index contributed by atoms with van der Waals surface area (Å²) in [5, 5.41) is 9.93. The lowest BCUT2D eigenvalue weighted by Crippen LogP contribution is -2.52. The Kier molecular flexibility index (Phi) is 6.57. The molecule has 2 fully saturated rings. The second kappa shape index (κ2) is 9.76. The van der Waals surface area contributed by atoms with E-state index in [9.17, 15) is 5.11 Å². The lowest BCUT2D eigenvalue weighted by Gasteiger charge is -2.41. The number of pyridine rings is 1. The molecule has 7 nitrogen and oxygen atoms in total. The molecule has 1 N–H and O–H groups in total. The molecule has 5 rings (SSSR count). The molecule has 1 aromatic carbocycles. The molecule has 0 amide bonds. The van der Waals surface area contributed by atoms with Gasteiger partial charge in [-0.15, -0.1) is 0 Å². The SMILES string of the molecule is CC1CN(c2ncc(CO)cc2Cl)CCN1c1cc(-c2ccccc2)nc(N2CCCC2C)n1. The van der Waals surface area contributed by atoms with Crippen LogP contribution in [0.3, 0.4) is 0 Å². The lowest BCUT2D eigenvalue weighted by atomic mass is 10.1. The predicted octanol–water partition coefficient (Wildman–Crippen LogP) is 4.39. The molecule has 178 valence electrons. The maximum Gasteiger partial charge on any atom is 0.228 e. The topological polar surface area (TPSA) is 68.6 Å². The van der Waals surface area contributed by atoms with Crippen LogP contribution in [0.4, 0.5) is 17.6 Å². The summed E-state index contributed by atoms with van der Waals surface area (Å²) in [7, 11) is 0. The second-order valence-electron chi connectivity index (χ2n) is 9.26. The summed E-state index contributed by atoms with van der Waals surface area (Å²) in [6.07, 6.45) is 4.04. The van der Waals surface area contributed by atoms with Gasteiger partial charge in [-0.05, 0) is 38.3 Å². The zero-order valence-corrected chi connectivity index (χ0v) is 20.5. The zero-order chi connectivity index (χ0) is 23.7. The molecule has 8 heteroatoms. The molecule has 34 heavy (non-hydrogen) atoms. The lowest BCUT2D eigenvalue weighted by molar-refractivity contribution is 0.281. The molecule has 0 saturated carbocycles. The van der Waals surface area contributed by atoms with E-state index >= 15 is 0 Å². The Morgan fingerprint density at radius 2 is 1.82 bits per heavy atom. The number of hydrogen-bond acceptors (Lipinski definition) is 7. The van der Waals surface area contributed by atoms with Crippen molar-refractivity contribution in [3.05, 3.63) is 59.2 Å². The number of anilines is 3. The van der Waals surface area contributed by atoms with Crippen molar-refractivity contribution < 1.29 is 5.11 Å². The smallest absolute Gasteiger partial charge is 0.228 e. The van der Waals surface area contributed by atoms with Crippen LogP contribution in [0.2, 0.25) is 5.02 Å². The number of aliphatic hydroxyl groups excluding tert-OH is 1. The largest absolute Gasteiger partial charge is 0.392 e. The first-order valence-electron chi connectivity index (χ1n) is 12.0. The molecule has 2 aliphatic rings. The summed E-state index contributed by atoms with van der Waals surface area (Å²) >= 11 is 6.48. The molecule has 0 bridgehead atoms. The highest BCUT2D eigenvalue weighted by Gasteiger charge is 2.29. The van der Waals surface area contributed by atoms with E-state index < -0.39 is 0 Å². The molecule has 3 aromatic rings. The van der Waals surface area contributed by atoms with Crippen molar-refractivity contribution in [1.29, 1.82) is 0 Å². The van der Waals surface area contributed by atoms with E-state index in [4.69, 9.17) is 21.6 Å². The summed E-state index contributed by atoms with van der Waals surface area (Å²) in [5.74, 6) is 2.55. The van der Waals surface area contributed by atoms with E-state index in [1.54, 1.807) is 12.3 Å². The van der Waals surface area contributed by atoms with Crippen LogP contribution in [0, 0.1) is 0 Å². The Balaban J connectivity index is 1.44. The van der Waals surface area contributed by atoms with Gasteiger partial charge in [0.05, 0.1) is 17.3 Å². The van der Waals surface area contributed by atoms with Gasteiger partial charge in [0, 0.05) is 56.1 Å². The zero-order valence-electron chi connectivity index (χ0n) is 19.7. The van der Waals surface area contributed by atoms with Gasteiger partial charge in [0.15, 0.2) is 0 Å².